The van der Waals surface area contributed by atoms with Gasteiger partial charge in [-0.05, 0) is 31.2 Å². The molecule has 0 atom stereocenters. The molecule has 1 fully saturated rings. The molecule has 0 aliphatic carbocycles. The van der Waals surface area contributed by atoms with E-state index in [1.54, 1.807) is 21.3 Å². The maximum Gasteiger partial charge on any atom is 0.226 e. The Morgan fingerprint density at radius 3 is 2.23 bits per heavy atom. The van der Waals surface area contributed by atoms with Gasteiger partial charge in [0.15, 0.2) is 11.5 Å². The van der Waals surface area contributed by atoms with E-state index in [1.807, 2.05) is 48.2 Å². The van der Waals surface area contributed by atoms with Crippen molar-refractivity contribution in [2.75, 3.05) is 54.1 Å². The fourth-order valence-corrected chi connectivity index (χ4v) is 3.87. The number of benzene rings is 2. The van der Waals surface area contributed by atoms with Crippen LogP contribution >= 0.6 is 0 Å². The van der Waals surface area contributed by atoms with E-state index < -0.39 is 0 Å². The van der Waals surface area contributed by atoms with Gasteiger partial charge in [0, 0.05) is 0 Å². The summed E-state index contributed by atoms with van der Waals surface area (Å²) in [5, 5.41) is 0. The minimum atomic E-state index is 0.148. The Balaban J connectivity index is 1.48. The molecule has 1 heterocycles. The highest BCUT2D eigenvalue weighted by Gasteiger charge is 2.26. The van der Waals surface area contributed by atoms with Crippen LogP contribution < -0.4 is 23.8 Å². The molecule has 1 amide bonds. The molecule has 7 nitrogen and oxygen atoms in total. The van der Waals surface area contributed by atoms with Crippen molar-refractivity contribution in [3.63, 3.8) is 0 Å². The summed E-state index contributed by atoms with van der Waals surface area (Å²) in [6, 6.07) is 11.8. The summed E-state index contributed by atoms with van der Waals surface area (Å²) in [7, 11) is 4.87. The fourth-order valence-electron chi connectivity index (χ4n) is 3.87. The summed E-state index contributed by atoms with van der Waals surface area (Å²) >= 11 is 0. The van der Waals surface area contributed by atoms with Gasteiger partial charge in [0.1, 0.15) is 12.3 Å². The predicted molar refractivity (Wildman–Crippen MR) is 118 cm³/mol. The van der Waals surface area contributed by atoms with Crippen LogP contribution in [0.15, 0.2) is 36.4 Å². The van der Waals surface area contributed by atoms with Crippen LogP contribution in [0.5, 0.6) is 23.0 Å². The van der Waals surface area contributed by atoms with Crippen molar-refractivity contribution in [2.24, 2.45) is 0 Å². The molecule has 0 spiro atoms. The Morgan fingerprint density at radius 1 is 0.935 bits per heavy atom. The van der Waals surface area contributed by atoms with Crippen molar-refractivity contribution < 1.29 is 28.6 Å². The lowest BCUT2D eigenvalue weighted by atomic mass is 10.1. The number of piperazine rings is 1. The summed E-state index contributed by atoms with van der Waals surface area (Å²) in [4.78, 5) is 15.9. The van der Waals surface area contributed by atoms with Crippen molar-refractivity contribution >= 4 is 5.91 Å². The Hall–Kier alpha value is -2.93. The second-order valence-corrected chi connectivity index (χ2v) is 7.71. The summed E-state index contributed by atoms with van der Waals surface area (Å²) in [5.41, 5.74) is 2.26. The number of methoxy groups -OCH3 is 3. The Morgan fingerprint density at radius 2 is 1.61 bits per heavy atom. The number of aryl methyl sites for hydroxylation is 1. The molecule has 168 valence electrons. The molecule has 1 aliphatic rings. The number of rotatable bonds is 9. The van der Waals surface area contributed by atoms with Gasteiger partial charge < -0.3 is 28.7 Å². The number of carbonyl (C=O) groups is 1. The third-order valence-electron chi connectivity index (χ3n) is 5.66. The fraction of sp³-hybridized carbons (Fsp3) is 0.458. The molecule has 2 aromatic rings. The molecule has 7 heteroatoms. The highest BCUT2D eigenvalue weighted by molar-refractivity contribution is 5.76. The number of hydrogen-bond donors (Lipinski definition) is 1. The van der Waals surface area contributed by atoms with Crippen LogP contribution in [0.2, 0.25) is 0 Å². The highest BCUT2D eigenvalue weighted by atomic mass is 16.5. The standard InChI is InChI=1S/C24H32N2O5/c1-18-5-8-20(9-6-18)31-16-11-22(27)26-14-12-25(13-15-26)17-19-7-10-21(28-2)24(30-4)23(19)29-3/h5-10H,11-17H2,1-4H3/p+1. The van der Waals surface area contributed by atoms with Gasteiger partial charge in [-0.3, -0.25) is 4.79 Å². The zero-order valence-corrected chi connectivity index (χ0v) is 18.9. The summed E-state index contributed by atoms with van der Waals surface area (Å²) < 4.78 is 22.2. The maximum atomic E-state index is 12.5. The smallest absolute Gasteiger partial charge is 0.226 e. The van der Waals surface area contributed by atoms with Gasteiger partial charge in [0.05, 0.1) is 66.1 Å². The molecule has 31 heavy (non-hydrogen) atoms. The first-order chi connectivity index (χ1) is 15.0. The summed E-state index contributed by atoms with van der Waals surface area (Å²) in [5.74, 6) is 2.93. The van der Waals surface area contributed by atoms with Gasteiger partial charge in [-0.15, -0.1) is 0 Å². The van der Waals surface area contributed by atoms with Crippen molar-refractivity contribution in [3.8, 4) is 23.0 Å². The number of hydrogen-bond acceptors (Lipinski definition) is 5. The summed E-state index contributed by atoms with van der Waals surface area (Å²) in [6.07, 6.45) is 0.396. The lowest BCUT2D eigenvalue weighted by molar-refractivity contribution is -0.917. The largest absolute Gasteiger partial charge is 0.493 e. The first-order valence-corrected chi connectivity index (χ1v) is 10.6. The van der Waals surface area contributed by atoms with E-state index in [1.165, 1.54) is 10.5 Å². The quantitative estimate of drug-likeness (QED) is 0.658. The summed E-state index contributed by atoms with van der Waals surface area (Å²) in [6.45, 7) is 6.52. The van der Waals surface area contributed by atoms with Gasteiger partial charge >= 0.3 is 0 Å². The van der Waals surface area contributed by atoms with E-state index in [0.717, 1.165) is 44.0 Å². The lowest BCUT2D eigenvalue weighted by Crippen LogP contribution is -3.13. The average Bonchev–Trinajstić information content (AvgIpc) is 2.80. The molecule has 1 aliphatic heterocycles. The van der Waals surface area contributed by atoms with Crippen LogP contribution in [-0.2, 0) is 11.3 Å². The molecule has 0 radical (unpaired) electrons. The molecule has 0 unspecified atom stereocenters. The zero-order chi connectivity index (χ0) is 22.2. The van der Waals surface area contributed by atoms with E-state index in [0.29, 0.717) is 30.3 Å². The maximum absolute atomic E-state index is 12.5. The Labute approximate surface area is 184 Å². The van der Waals surface area contributed by atoms with Gasteiger partial charge in [0.25, 0.3) is 0 Å². The molecule has 3 rings (SSSR count). The number of nitrogens with one attached hydrogen (secondary N) is 1. The van der Waals surface area contributed by atoms with E-state index in [9.17, 15) is 4.79 Å². The van der Waals surface area contributed by atoms with Gasteiger partial charge in [-0.2, -0.15) is 0 Å². The highest BCUT2D eigenvalue weighted by Crippen LogP contribution is 2.39. The number of ether oxygens (including phenoxy) is 4. The average molecular weight is 430 g/mol. The third-order valence-corrected chi connectivity index (χ3v) is 5.66. The topological polar surface area (TPSA) is 61.7 Å². The van der Waals surface area contributed by atoms with Gasteiger partial charge in [-0.1, -0.05) is 17.7 Å². The lowest BCUT2D eigenvalue weighted by Gasteiger charge is -2.32. The van der Waals surface area contributed by atoms with Crippen LogP contribution in [0.25, 0.3) is 0 Å². The monoisotopic (exact) mass is 429 g/mol. The van der Waals surface area contributed by atoms with Crippen LogP contribution in [0.1, 0.15) is 17.5 Å². The number of nitrogens with zero attached hydrogens (tertiary/aromatic N) is 1. The number of carbonyl (C=O) groups excluding carboxylic acids is 1. The van der Waals surface area contributed by atoms with Crippen molar-refractivity contribution in [1.29, 1.82) is 0 Å². The van der Waals surface area contributed by atoms with E-state index in [-0.39, 0.29) is 5.91 Å². The Kier molecular flexibility index (Phi) is 8.00. The molecular weight excluding hydrogens is 396 g/mol. The normalized spacial score (nSPS) is 14.3. The zero-order valence-electron chi connectivity index (χ0n) is 18.9. The van der Waals surface area contributed by atoms with Gasteiger partial charge in [-0.25, -0.2) is 0 Å². The first kappa shape index (κ1) is 22.7. The van der Waals surface area contributed by atoms with E-state index >= 15 is 0 Å². The molecule has 0 saturated carbocycles. The molecule has 0 aromatic heterocycles. The van der Waals surface area contributed by atoms with Crippen LogP contribution in [-0.4, -0.2) is 64.9 Å². The molecule has 0 bridgehead atoms. The first-order valence-electron chi connectivity index (χ1n) is 10.6. The van der Waals surface area contributed by atoms with Crippen molar-refractivity contribution in [1.82, 2.24) is 4.90 Å². The number of quaternary nitrogens is 1. The van der Waals surface area contributed by atoms with Crippen LogP contribution in [0.4, 0.5) is 0 Å². The molecule has 2 aromatic carbocycles. The van der Waals surface area contributed by atoms with E-state index in [4.69, 9.17) is 18.9 Å². The van der Waals surface area contributed by atoms with E-state index in [2.05, 4.69) is 0 Å². The van der Waals surface area contributed by atoms with Gasteiger partial charge in [0.2, 0.25) is 11.7 Å². The second kappa shape index (κ2) is 10.9. The molecule has 1 N–H and O–H groups in total. The molecular formula is C24H33N2O5+. The minimum absolute atomic E-state index is 0.148. The second-order valence-electron chi connectivity index (χ2n) is 7.71. The third kappa shape index (κ3) is 5.82. The molecule has 1 saturated heterocycles. The van der Waals surface area contributed by atoms with Crippen LogP contribution in [0.3, 0.4) is 0 Å². The SMILES string of the molecule is COc1ccc(C[NH+]2CCN(C(=O)CCOc3ccc(C)cc3)CC2)c(OC)c1OC. The minimum Gasteiger partial charge on any atom is -0.493 e. The van der Waals surface area contributed by atoms with Crippen LogP contribution in [0, 0.1) is 6.92 Å². The number of amides is 1. The van der Waals surface area contributed by atoms with Crippen molar-refractivity contribution in [2.45, 2.75) is 19.9 Å². The Bertz CT molecular complexity index is 861. The van der Waals surface area contributed by atoms with Crippen molar-refractivity contribution in [3.05, 3.63) is 47.5 Å². The predicted octanol–water partition coefficient (Wildman–Crippen LogP) is 1.72.